The van der Waals surface area contributed by atoms with Crippen LogP contribution in [0.3, 0.4) is 0 Å². The molecule has 4 rings (SSSR count). The fourth-order valence-electron chi connectivity index (χ4n) is 3.96. The van der Waals surface area contributed by atoms with E-state index in [2.05, 4.69) is 26.3 Å². The Hall–Kier alpha value is -4.84. The molecule has 1 aromatic heterocycles. The summed E-state index contributed by atoms with van der Waals surface area (Å²) in [5.74, 6) is 0.658. The number of aliphatic hydroxyl groups excluding tert-OH is 1. The minimum Gasteiger partial charge on any atom is -0.454 e. The SMILES string of the molecule is CC(C)(C)OC(=O)Nc1ccccc1NC(=O)c1ccc(C(CCCO)NC(=O)Nc2ccc3c(c2)OCO3)cn1. The number of nitrogens with one attached hydrogen (secondary N) is 4. The number of fused-ring (bicyclic) bond motifs is 1. The largest absolute Gasteiger partial charge is 0.454 e. The van der Waals surface area contributed by atoms with E-state index in [0.717, 1.165) is 0 Å². The van der Waals surface area contributed by atoms with Crippen LogP contribution in [0.4, 0.5) is 26.7 Å². The van der Waals surface area contributed by atoms with E-state index >= 15 is 0 Å². The topological polar surface area (TPSA) is 160 Å². The number of benzene rings is 2. The molecule has 0 radical (unpaired) electrons. The van der Waals surface area contributed by atoms with Crippen molar-refractivity contribution in [2.75, 3.05) is 29.4 Å². The van der Waals surface area contributed by atoms with Crippen molar-refractivity contribution in [3.8, 4) is 11.5 Å². The van der Waals surface area contributed by atoms with Gasteiger partial charge in [0.1, 0.15) is 11.3 Å². The molecule has 0 spiro atoms. The molecule has 4 amide bonds. The molecule has 0 saturated heterocycles. The Morgan fingerprint density at radius 1 is 0.976 bits per heavy atom. The number of aliphatic hydroxyl groups is 1. The Balaban J connectivity index is 1.40. The van der Waals surface area contributed by atoms with Crippen molar-refractivity contribution < 1.29 is 33.7 Å². The maximum absolute atomic E-state index is 12.9. The van der Waals surface area contributed by atoms with Crippen molar-refractivity contribution >= 4 is 35.1 Å². The number of hydrogen-bond donors (Lipinski definition) is 5. The predicted molar refractivity (Wildman–Crippen MR) is 152 cm³/mol. The number of carbonyl (C=O) groups is 3. The van der Waals surface area contributed by atoms with Crippen LogP contribution in [-0.2, 0) is 4.74 Å². The van der Waals surface area contributed by atoms with Crippen LogP contribution in [0, 0.1) is 0 Å². The maximum Gasteiger partial charge on any atom is 0.412 e. The molecule has 41 heavy (non-hydrogen) atoms. The number of nitrogens with zero attached hydrogens (tertiary/aromatic N) is 1. The maximum atomic E-state index is 12.9. The zero-order valence-corrected chi connectivity index (χ0v) is 23.0. The number of pyridine rings is 1. The van der Waals surface area contributed by atoms with Crippen LogP contribution >= 0.6 is 0 Å². The molecule has 0 bridgehead atoms. The monoisotopic (exact) mass is 563 g/mol. The van der Waals surface area contributed by atoms with Gasteiger partial charge in [-0.25, -0.2) is 9.59 Å². The summed E-state index contributed by atoms with van der Waals surface area (Å²) >= 11 is 0. The number of carbonyl (C=O) groups excluding carboxylic acids is 3. The van der Waals surface area contributed by atoms with E-state index in [1.807, 2.05) is 0 Å². The molecule has 0 saturated carbocycles. The molecule has 1 unspecified atom stereocenters. The lowest BCUT2D eigenvalue weighted by molar-refractivity contribution is 0.0635. The van der Waals surface area contributed by atoms with Crippen LogP contribution in [0.25, 0.3) is 0 Å². The first-order chi connectivity index (χ1) is 19.6. The fraction of sp³-hybridized carbons (Fsp3) is 0.310. The summed E-state index contributed by atoms with van der Waals surface area (Å²) < 4.78 is 15.9. The van der Waals surface area contributed by atoms with Gasteiger partial charge in [0.25, 0.3) is 5.91 Å². The van der Waals surface area contributed by atoms with Crippen molar-refractivity contribution in [3.05, 3.63) is 72.1 Å². The second-order valence-corrected chi connectivity index (χ2v) is 10.2. The molecule has 3 aromatic rings. The molecule has 1 atom stereocenters. The highest BCUT2D eigenvalue weighted by Gasteiger charge is 2.20. The van der Waals surface area contributed by atoms with E-state index in [4.69, 9.17) is 14.2 Å². The molecule has 12 heteroatoms. The van der Waals surface area contributed by atoms with Gasteiger partial charge in [0.2, 0.25) is 6.79 Å². The van der Waals surface area contributed by atoms with Crippen molar-refractivity contribution in [2.24, 2.45) is 0 Å². The van der Waals surface area contributed by atoms with Crippen LogP contribution in [0.15, 0.2) is 60.8 Å². The van der Waals surface area contributed by atoms with E-state index in [-0.39, 0.29) is 19.1 Å². The second-order valence-electron chi connectivity index (χ2n) is 10.2. The highest BCUT2D eigenvalue weighted by atomic mass is 16.7. The average Bonchev–Trinajstić information content (AvgIpc) is 3.39. The molecule has 0 fully saturated rings. The Labute approximate surface area is 237 Å². The lowest BCUT2D eigenvalue weighted by Gasteiger charge is -2.20. The van der Waals surface area contributed by atoms with Gasteiger partial charge in [0.15, 0.2) is 11.5 Å². The number of urea groups is 1. The molecular weight excluding hydrogens is 530 g/mol. The van der Waals surface area contributed by atoms with Crippen molar-refractivity contribution in [2.45, 2.75) is 45.3 Å². The third kappa shape index (κ3) is 8.32. The van der Waals surface area contributed by atoms with E-state index in [1.165, 1.54) is 12.3 Å². The summed E-state index contributed by atoms with van der Waals surface area (Å²) in [4.78, 5) is 42.2. The molecule has 0 aliphatic carbocycles. The van der Waals surface area contributed by atoms with Crippen LogP contribution in [-0.4, -0.2) is 47.1 Å². The van der Waals surface area contributed by atoms with Crippen LogP contribution in [0.5, 0.6) is 11.5 Å². The van der Waals surface area contributed by atoms with Gasteiger partial charge in [0.05, 0.1) is 17.4 Å². The molecule has 2 aromatic carbocycles. The summed E-state index contributed by atoms with van der Waals surface area (Å²) in [7, 11) is 0. The van der Waals surface area contributed by atoms with Crippen LogP contribution in [0.1, 0.15) is 55.7 Å². The lowest BCUT2D eigenvalue weighted by atomic mass is 10.0. The number of rotatable bonds is 9. The number of anilines is 3. The molecule has 1 aliphatic heterocycles. The van der Waals surface area contributed by atoms with E-state index in [0.29, 0.717) is 47.0 Å². The summed E-state index contributed by atoms with van der Waals surface area (Å²) in [6.45, 7) is 5.35. The van der Waals surface area contributed by atoms with Crippen LogP contribution in [0.2, 0.25) is 0 Å². The molecule has 2 heterocycles. The van der Waals surface area contributed by atoms with E-state index in [9.17, 15) is 19.5 Å². The number of hydrogen-bond acceptors (Lipinski definition) is 8. The van der Waals surface area contributed by atoms with Gasteiger partial charge in [-0.05, 0) is 69.5 Å². The van der Waals surface area contributed by atoms with Crippen molar-refractivity contribution in [1.82, 2.24) is 10.3 Å². The summed E-state index contributed by atoms with van der Waals surface area (Å²) in [5, 5.41) is 20.4. The van der Waals surface area contributed by atoms with E-state index in [1.54, 1.807) is 69.3 Å². The zero-order valence-electron chi connectivity index (χ0n) is 23.0. The van der Waals surface area contributed by atoms with Gasteiger partial charge in [-0.1, -0.05) is 18.2 Å². The Bertz CT molecular complexity index is 1390. The molecule has 5 N–H and O–H groups in total. The number of para-hydroxylation sites is 2. The first-order valence-electron chi connectivity index (χ1n) is 13.1. The van der Waals surface area contributed by atoms with Gasteiger partial charge in [0, 0.05) is 24.6 Å². The standard InChI is InChI=1S/C29H33N5O7/c1-29(2,3)41-28(38)34-22-8-5-4-7-21(22)32-26(36)23-12-10-18(16-30-23)20(9-6-14-35)33-27(37)31-19-11-13-24-25(15-19)40-17-39-24/h4-5,7-8,10-13,15-16,20,35H,6,9,14,17H2,1-3H3,(H,32,36)(H,34,38)(H2,31,33,37). The number of aromatic nitrogens is 1. The third-order valence-electron chi connectivity index (χ3n) is 5.82. The number of ether oxygens (including phenoxy) is 3. The normalized spacial score (nSPS) is 12.7. The quantitative estimate of drug-likeness (QED) is 0.242. The Morgan fingerprint density at radius 2 is 1.71 bits per heavy atom. The van der Waals surface area contributed by atoms with E-state index < -0.39 is 29.7 Å². The molecular formula is C29H33N5O7. The highest BCUT2D eigenvalue weighted by Crippen LogP contribution is 2.34. The van der Waals surface area contributed by atoms with Gasteiger partial charge < -0.3 is 35.3 Å². The first kappa shape index (κ1) is 29.2. The predicted octanol–water partition coefficient (Wildman–Crippen LogP) is 5.04. The fourth-order valence-corrected chi connectivity index (χ4v) is 3.96. The molecule has 12 nitrogen and oxygen atoms in total. The summed E-state index contributed by atoms with van der Waals surface area (Å²) in [5.41, 5.74) is 1.38. The average molecular weight is 564 g/mol. The summed E-state index contributed by atoms with van der Waals surface area (Å²) in [6.07, 6.45) is 1.74. The van der Waals surface area contributed by atoms with Crippen molar-refractivity contribution in [3.63, 3.8) is 0 Å². The summed E-state index contributed by atoms with van der Waals surface area (Å²) in [6, 6.07) is 14.1. The number of amides is 4. The minimum atomic E-state index is -0.676. The molecule has 216 valence electrons. The molecule has 1 aliphatic rings. The van der Waals surface area contributed by atoms with Crippen LogP contribution < -0.4 is 30.7 Å². The first-order valence-corrected chi connectivity index (χ1v) is 13.1. The lowest BCUT2D eigenvalue weighted by Crippen LogP contribution is -2.33. The zero-order chi connectivity index (χ0) is 29.4. The minimum absolute atomic E-state index is 0.0490. The van der Waals surface area contributed by atoms with Crippen molar-refractivity contribution in [1.29, 1.82) is 0 Å². The second kappa shape index (κ2) is 13.0. The Morgan fingerprint density at radius 3 is 2.39 bits per heavy atom. The van der Waals surface area contributed by atoms with Gasteiger partial charge in [-0.3, -0.25) is 15.1 Å². The highest BCUT2D eigenvalue weighted by molar-refractivity contribution is 6.05. The van der Waals surface area contributed by atoms with Gasteiger partial charge in [-0.15, -0.1) is 0 Å². The third-order valence-corrected chi connectivity index (χ3v) is 5.82. The van der Waals surface area contributed by atoms with Gasteiger partial charge in [-0.2, -0.15) is 0 Å². The van der Waals surface area contributed by atoms with Gasteiger partial charge >= 0.3 is 12.1 Å². The Kier molecular flexibility index (Phi) is 9.25. The smallest absolute Gasteiger partial charge is 0.412 e.